The van der Waals surface area contributed by atoms with Crippen LogP contribution in [0.25, 0.3) is 0 Å². The number of nitrogens with two attached hydrogens (primary N) is 1. The third-order valence-corrected chi connectivity index (χ3v) is 2.07. The van der Waals surface area contributed by atoms with Gasteiger partial charge in [0.2, 0.25) is 0 Å². The summed E-state index contributed by atoms with van der Waals surface area (Å²) in [6.45, 7) is 0. The molecule has 0 aliphatic rings. The highest BCUT2D eigenvalue weighted by Crippen LogP contribution is 2.37. The molecule has 0 amide bonds. The molecule has 18 heavy (non-hydrogen) atoms. The van der Waals surface area contributed by atoms with Crippen molar-refractivity contribution in [3.63, 3.8) is 0 Å². The summed E-state index contributed by atoms with van der Waals surface area (Å²) in [5.41, 5.74) is 4.01. The van der Waals surface area contributed by atoms with Crippen molar-refractivity contribution in [2.24, 2.45) is 0 Å². The second kappa shape index (κ2) is 4.84. The van der Waals surface area contributed by atoms with Crippen LogP contribution in [0.15, 0.2) is 12.1 Å². The van der Waals surface area contributed by atoms with E-state index in [0.717, 1.165) is 6.07 Å². The molecule has 5 nitrogen and oxygen atoms in total. The molecular formula is C8H5ClF4N2O3. The predicted octanol–water partition coefficient (Wildman–Crippen LogP) is 3.07. The number of ether oxygens (including phenoxy) is 1. The van der Waals surface area contributed by atoms with E-state index < -0.39 is 39.6 Å². The molecule has 100 valence electrons. The quantitative estimate of drug-likeness (QED) is 0.400. The minimum atomic E-state index is -4.81. The van der Waals surface area contributed by atoms with Crippen LogP contribution in [0, 0.1) is 10.1 Å². The second-order valence-corrected chi connectivity index (χ2v) is 3.47. The molecule has 0 saturated carbocycles. The van der Waals surface area contributed by atoms with Crippen molar-refractivity contribution in [3.05, 3.63) is 27.3 Å². The number of hydrogen-bond donors (Lipinski definition) is 1. The lowest BCUT2D eigenvalue weighted by Gasteiger charge is -2.17. The Hall–Kier alpha value is -1.77. The molecule has 0 unspecified atom stereocenters. The van der Waals surface area contributed by atoms with Gasteiger partial charge >= 0.3 is 12.5 Å². The van der Waals surface area contributed by atoms with Gasteiger partial charge < -0.3 is 10.5 Å². The zero-order valence-electron chi connectivity index (χ0n) is 8.37. The number of hydrogen-bond acceptors (Lipinski definition) is 4. The summed E-state index contributed by atoms with van der Waals surface area (Å²) in [5.74, 6) is -0.956. The number of alkyl halides is 4. The van der Waals surface area contributed by atoms with Crippen molar-refractivity contribution < 1.29 is 27.2 Å². The van der Waals surface area contributed by atoms with Crippen molar-refractivity contribution in [2.45, 2.75) is 12.5 Å². The van der Waals surface area contributed by atoms with Gasteiger partial charge in [0, 0.05) is 0 Å². The molecule has 0 saturated heterocycles. The van der Waals surface area contributed by atoms with Crippen LogP contribution in [0.5, 0.6) is 5.75 Å². The highest BCUT2D eigenvalue weighted by molar-refractivity contribution is 6.32. The first kappa shape index (κ1) is 14.3. The lowest BCUT2D eigenvalue weighted by molar-refractivity contribution is -0.384. The first-order valence-corrected chi connectivity index (χ1v) is 4.61. The van der Waals surface area contributed by atoms with E-state index in [-0.39, 0.29) is 0 Å². The molecule has 0 heterocycles. The zero-order chi connectivity index (χ0) is 14.1. The maximum absolute atomic E-state index is 12.6. The van der Waals surface area contributed by atoms with Gasteiger partial charge in [-0.25, -0.2) is 0 Å². The van der Waals surface area contributed by atoms with E-state index in [0.29, 0.717) is 6.07 Å². The third kappa shape index (κ3) is 2.92. The number of nitro benzene ring substituents is 1. The van der Waals surface area contributed by atoms with Gasteiger partial charge in [-0.15, -0.1) is 0 Å². The SMILES string of the molecule is Nc1cc(Cl)c(OC(F)(F)C(F)F)cc1[N+](=O)[O-]. The Labute approximate surface area is 102 Å². The fourth-order valence-corrected chi connectivity index (χ4v) is 1.20. The van der Waals surface area contributed by atoms with Crippen LogP contribution in [0.2, 0.25) is 5.02 Å². The lowest BCUT2D eigenvalue weighted by Crippen LogP contribution is -2.33. The monoisotopic (exact) mass is 288 g/mol. The van der Waals surface area contributed by atoms with Crippen LogP contribution in [0.4, 0.5) is 28.9 Å². The summed E-state index contributed by atoms with van der Waals surface area (Å²) >= 11 is 5.41. The van der Waals surface area contributed by atoms with Crippen molar-refractivity contribution in [3.8, 4) is 5.75 Å². The number of benzene rings is 1. The van der Waals surface area contributed by atoms with E-state index in [1.165, 1.54) is 0 Å². The minimum absolute atomic E-state index is 0.405. The molecule has 0 aliphatic carbocycles. The number of anilines is 1. The molecule has 1 rings (SSSR count). The average Bonchev–Trinajstić information content (AvgIpc) is 2.21. The number of nitrogens with zero attached hydrogens (tertiary/aromatic N) is 1. The van der Waals surface area contributed by atoms with Gasteiger partial charge in [-0.05, 0) is 6.07 Å². The van der Waals surface area contributed by atoms with Crippen LogP contribution in [-0.4, -0.2) is 17.5 Å². The molecule has 0 bridgehead atoms. The minimum Gasteiger partial charge on any atom is -0.426 e. The summed E-state index contributed by atoms with van der Waals surface area (Å²) in [5, 5.41) is 9.93. The molecule has 0 atom stereocenters. The Kier molecular flexibility index (Phi) is 3.85. The van der Waals surface area contributed by atoms with Gasteiger partial charge in [-0.3, -0.25) is 10.1 Å². The highest BCUT2D eigenvalue weighted by Gasteiger charge is 2.44. The first-order valence-electron chi connectivity index (χ1n) is 4.23. The number of nitrogen functional groups attached to an aromatic ring is 1. The molecule has 0 aromatic heterocycles. The number of rotatable bonds is 4. The van der Waals surface area contributed by atoms with Crippen LogP contribution >= 0.6 is 11.6 Å². The van der Waals surface area contributed by atoms with E-state index in [2.05, 4.69) is 4.74 Å². The third-order valence-electron chi connectivity index (χ3n) is 1.78. The average molecular weight is 289 g/mol. The molecule has 10 heteroatoms. The van der Waals surface area contributed by atoms with Crippen LogP contribution in [0.1, 0.15) is 0 Å². The molecular weight excluding hydrogens is 284 g/mol. The fourth-order valence-electron chi connectivity index (χ4n) is 0.986. The van der Waals surface area contributed by atoms with E-state index in [1.807, 2.05) is 0 Å². The molecule has 0 aliphatic heterocycles. The summed E-state index contributed by atoms with van der Waals surface area (Å²) in [6, 6.07) is 1.21. The Morgan fingerprint density at radius 3 is 2.44 bits per heavy atom. The van der Waals surface area contributed by atoms with Gasteiger partial charge in [0.15, 0.2) is 5.75 Å². The Bertz CT molecular complexity index is 484. The molecule has 1 aromatic carbocycles. The van der Waals surface area contributed by atoms with E-state index in [1.54, 1.807) is 0 Å². The smallest absolute Gasteiger partial charge is 0.426 e. The first-order chi connectivity index (χ1) is 8.15. The standard InChI is InChI=1S/C8H5ClF4N2O3/c9-3-1-4(14)5(15(16)17)2-6(3)18-8(12,13)7(10)11/h1-2,7H,14H2. The van der Waals surface area contributed by atoms with Crippen LogP contribution in [0.3, 0.4) is 0 Å². The Balaban J connectivity index is 3.18. The maximum atomic E-state index is 12.6. The normalized spacial score (nSPS) is 11.7. The van der Waals surface area contributed by atoms with Crippen molar-refractivity contribution in [2.75, 3.05) is 5.73 Å². The van der Waals surface area contributed by atoms with E-state index in [4.69, 9.17) is 17.3 Å². The summed E-state index contributed by atoms with van der Waals surface area (Å²) in [7, 11) is 0. The maximum Gasteiger partial charge on any atom is 0.461 e. The van der Waals surface area contributed by atoms with E-state index in [9.17, 15) is 27.7 Å². The van der Waals surface area contributed by atoms with E-state index >= 15 is 0 Å². The predicted molar refractivity (Wildman–Crippen MR) is 54.1 cm³/mol. The molecule has 1 aromatic rings. The number of nitro groups is 1. The molecule has 0 spiro atoms. The fraction of sp³-hybridized carbons (Fsp3) is 0.250. The van der Waals surface area contributed by atoms with Gasteiger partial charge in [0.1, 0.15) is 5.69 Å². The van der Waals surface area contributed by atoms with Gasteiger partial charge in [0.05, 0.1) is 16.0 Å². The molecule has 0 radical (unpaired) electrons. The number of halogens is 5. The van der Waals surface area contributed by atoms with Gasteiger partial charge in [-0.1, -0.05) is 11.6 Å². The molecule has 2 N–H and O–H groups in total. The topological polar surface area (TPSA) is 78.4 Å². The van der Waals surface area contributed by atoms with Crippen molar-refractivity contribution in [1.29, 1.82) is 0 Å². The lowest BCUT2D eigenvalue weighted by atomic mass is 10.2. The summed E-state index contributed by atoms with van der Waals surface area (Å²) in [6.07, 6.45) is -8.92. The molecule has 0 fully saturated rings. The Morgan fingerprint density at radius 1 is 1.44 bits per heavy atom. The van der Waals surface area contributed by atoms with Crippen molar-refractivity contribution in [1.82, 2.24) is 0 Å². The largest absolute Gasteiger partial charge is 0.461 e. The summed E-state index contributed by atoms with van der Waals surface area (Å²) < 4.78 is 52.7. The van der Waals surface area contributed by atoms with Crippen LogP contribution < -0.4 is 10.5 Å². The van der Waals surface area contributed by atoms with Crippen LogP contribution in [-0.2, 0) is 0 Å². The van der Waals surface area contributed by atoms with Gasteiger partial charge in [0.25, 0.3) is 5.69 Å². The summed E-state index contributed by atoms with van der Waals surface area (Å²) in [4.78, 5) is 9.49. The van der Waals surface area contributed by atoms with Crippen molar-refractivity contribution >= 4 is 23.0 Å². The Morgan fingerprint density at radius 2 is 2.00 bits per heavy atom. The second-order valence-electron chi connectivity index (χ2n) is 3.06. The highest BCUT2D eigenvalue weighted by atomic mass is 35.5. The van der Waals surface area contributed by atoms with Gasteiger partial charge in [-0.2, -0.15) is 17.6 Å². The zero-order valence-corrected chi connectivity index (χ0v) is 9.13.